The molecular formula is C18H30N4O3. The summed E-state index contributed by atoms with van der Waals surface area (Å²) in [6.45, 7) is 6.88. The van der Waals surface area contributed by atoms with Gasteiger partial charge in [0.2, 0.25) is 5.91 Å². The van der Waals surface area contributed by atoms with Gasteiger partial charge in [-0.2, -0.15) is 0 Å². The molecule has 7 heteroatoms. The maximum absolute atomic E-state index is 12.7. The third kappa shape index (κ3) is 4.15. The van der Waals surface area contributed by atoms with Crippen molar-refractivity contribution in [3.63, 3.8) is 0 Å². The first-order valence-corrected chi connectivity index (χ1v) is 9.54. The van der Waals surface area contributed by atoms with Gasteiger partial charge in [0.05, 0.1) is 25.4 Å². The van der Waals surface area contributed by atoms with Gasteiger partial charge in [-0.1, -0.05) is 6.92 Å². The van der Waals surface area contributed by atoms with Crippen LogP contribution in [0.5, 0.6) is 0 Å². The molecule has 1 amide bonds. The summed E-state index contributed by atoms with van der Waals surface area (Å²) < 4.78 is 1.45. The molecule has 0 atom stereocenters. The van der Waals surface area contributed by atoms with E-state index in [1.165, 1.54) is 11.1 Å². The summed E-state index contributed by atoms with van der Waals surface area (Å²) in [7, 11) is 0. The zero-order valence-corrected chi connectivity index (χ0v) is 15.2. The Morgan fingerprint density at radius 1 is 1.24 bits per heavy atom. The first-order valence-electron chi connectivity index (χ1n) is 9.54. The Hall–Kier alpha value is -1.60. The highest BCUT2D eigenvalue weighted by Gasteiger charge is 2.28. The molecular weight excluding hydrogens is 320 g/mol. The topological polar surface area (TPSA) is 81.6 Å². The van der Waals surface area contributed by atoms with Crippen LogP contribution in [0.15, 0.2) is 4.79 Å². The molecule has 0 bridgehead atoms. The van der Waals surface area contributed by atoms with Crippen molar-refractivity contribution in [1.82, 2.24) is 19.6 Å². The van der Waals surface area contributed by atoms with Crippen molar-refractivity contribution in [3.8, 4) is 0 Å². The molecule has 0 saturated carbocycles. The number of nitrogens with one attached hydrogen (secondary N) is 1. The summed E-state index contributed by atoms with van der Waals surface area (Å²) in [6.07, 6.45) is 4.62. The first kappa shape index (κ1) is 18.2. The van der Waals surface area contributed by atoms with Gasteiger partial charge in [0.1, 0.15) is 0 Å². The Labute approximate surface area is 148 Å². The van der Waals surface area contributed by atoms with Crippen molar-refractivity contribution in [2.24, 2.45) is 5.92 Å². The summed E-state index contributed by atoms with van der Waals surface area (Å²) in [5, 5.41) is 12.1. The van der Waals surface area contributed by atoms with E-state index in [1.807, 2.05) is 4.90 Å². The molecule has 140 valence electrons. The monoisotopic (exact) mass is 350 g/mol. The van der Waals surface area contributed by atoms with Crippen molar-refractivity contribution in [2.45, 2.75) is 52.1 Å². The third-order valence-corrected chi connectivity index (χ3v) is 5.50. The van der Waals surface area contributed by atoms with E-state index in [4.69, 9.17) is 5.11 Å². The number of rotatable bonds is 6. The number of carbonyl (C=O) groups is 1. The standard InChI is InChI=1S/C18H30N4O3/c1-2-6-20-7-3-14(4-8-20)12-17(24)21-9-5-15-16(13-21)19-22(10-11-23)18(15)25/h14,19,23H,2-13H2,1H3. The Morgan fingerprint density at radius 2 is 2.00 bits per heavy atom. The van der Waals surface area contributed by atoms with E-state index < -0.39 is 0 Å². The molecule has 3 rings (SSSR count). The van der Waals surface area contributed by atoms with Crippen molar-refractivity contribution in [2.75, 3.05) is 32.8 Å². The Kier molecular flexibility index (Phi) is 5.96. The molecule has 25 heavy (non-hydrogen) atoms. The van der Waals surface area contributed by atoms with Gasteiger partial charge in [0, 0.05) is 18.5 Å². The van der Waals surface area contributed by atoms with Gasteiger partial charge in [0.15, 0.2) is 0 Å². The molecule has 1 aromatic heterocycles. The highest BCUT2D eigenvalue weighted by Crippen LogP contribution is 2.23. The van der Waals surface area contributed by atoms with Crippen LogP contribution in [-0.4, -0.2) is 63.4 Å². The van der Waals surface area contributed by atoms with Gasteiger partial charge in [-0.3, -0.25) is 19.4 Å². The molecule has 7 nitrogen and oxygen atoms in total. The van der Waals surface area contributed by atoms with Crippen LogP contribution in [0.4, 0.5) is 0 Å². The minimum atomic E-state index is -0.0708. The third-order valence-electron chi connectivity index (χ3n) is 5.50. The van der Waals surface area contributed by atoms with Crippen molar-refractivity contribution >= 4 is 5.91 Å². The smallest absolute Gasteiger partial charge is 0.270 e. The Bertz CT molecular complexity index is 643. The van der Waals surface area contributed by atoms with Crippen molar-refractivity contribution in [1.29, 1.82) is 0 Å². The van der Waals surface area contributed by atoms with Crippen LogP contribution in [0, 0.1) is 5.92 Å². The largest absolute Gasteiger partial charge is 0.394 e. The average Bonchev–Trinajstić information content (AvgIpc) is 2.92. The van der Waals surface area contributed by atoms with Gasteiger partial charge in [-0.25, -0.2) is 0 Å². The first-order chi connectivity index (χ1) is 12.1. The molecule has 2 aliphatic rings. The normalized spacial score (nSPS) is 19.2. The lowest BCUT2D eigenvalue weighted by Crippen LogP contribution is -2.40. The molecule has 0 spiro atoms. The van der Waals surface area contributed by atoms with Gasteiger partial charge < -0.3 is 14.9 Å². The number of aliphatic hydroxyl groups is 1. The number of fused-ring (bicyclic) bond motifs is 1. The minimum absolute atomic E-state index is 0.0561. The zero-order valence-electron chi connectivity index (χ0n) is 15.2. The highest BCUT2D eigenvalue weighted by atomic mass is 16.3. The van der Waals surface area contributed by atoms with Crippen LogP contribution >= 0.6 is 0 Å². The molecule has 1 saturated heterocycles. The number of aromatic nitrogens is 2. The minimum Gasteiger partial charge on any atom is -0.394 e. The molecule has 1 aromatic rings. The second-order valence-corrected chi connectivity index (χ2v) is 7.30. The predicted octanol–water partition coefficient (Wildman–Crippen LogP) is 0.566. The summed E-state index contributed by atoms with van der Waals surface area (Å²) in [5.74, 6) is 0.690. The van der Waals surface area contributed by atoms with Crippen molar-refractivity contribution in [3.05, 3.63) is 21.6 Å². The molecule has 0 aliphatic carbocycles. The van der Waals surface area contributed by atoms with Gasteiger partial charge in [0.25, 0.3) is 5.56 Å². The van der Waals surface area contributed by atoms with Gasteiger partial charge >= 0.3 is 0 Å². The predicted molar refractivity (Wildman–Crippen MR) is 95.3 cm³/mol. The second-order valence-electron chi connectivity index (χ2n) is 7.30. The number of hydrogen-bond donors (Lipinski definition) is 2. The van der Waals surface area contributed by atoms with E-state index in [9.17, 15) is 9.59 Å². The quantitative estimate of drug-likeness (QED) is 0.786. The zero-order chi connectivity index (χ0) is 17.8. The van der Waals surface area contributed by atoms with Crippen LogP contribution in [0.2, 0.25) is 0 Å². The number of aromatic amines is 1. The molecule has 0 unspecified atom stereocenters. The van der Waals surface area contributed by atoms with E-state index in [1.54, 1.807) is 0 Å². The molecule has 0 aromatic carbocycles. The number of nitrogens with zero attached hydrogens (tertiary/aromatic N) is 3. The Morgan fingerprint density at radius 3 is 2.68 bits per heavy atom. The highest BCUT2D eigenvalue weighted by molar-refractivity contribution is 5.76. The fourth-order valence-electron chi connectivity index (χ4n) is 4.06. The fraction of sp³-hybridized carbons (Fsp3) is 0.778. The number of H-pyrrole nitrogens is 1. The molecule has 1 fully saturated rings. The average molecular weight is 350 g/mol. The number of aliphatic hydroxyl groups excluding tert-OH is 1. The van der Waals surface area contributed by atoms with Crippen LogP contribution in [0.3, 0.4) is 0 Å². The molecule has 0 radical (unpaired) electrons. The number of amides is 1. The van der Waals surface area contributed by atoms with E-state index in [-0.39, 0.29) is 24.6 Å². The summed E-state index contributed by atoms with van der Waals surface area (Å²) >= 11 is 0. The lowest BCUT2D eigenvalue weighted by molar-refractivity contribution is -0.133. The molecule has 2 aliphatic heterocycles. The van der Waals surface area contributed by atoms with Crippen LogP contribution in [0.25, 0.3) is 0 Å². The lowest BCUT2D eigenvalue weighted by Gasteiger charge is -2.33. The maximum atomic E-state index is 12.7. The lowest BCUT2D eigenvalue weighted by atomic mass is 9.92. The molecule has 3 heterocycles. The van der Waals surface area contributed by atoms with Crippen molar-refractivity contribution < 1.29 is 9.90 Å². The van der Waals surface area contributed by atoms with Gasteiger partial charge in [-0.05, 0) is 51.2 Å². The number of hydrogen-bond acceptors (Lipinski definition) is 4. The summed E-state index contributed by atoms with van der Waals surface area (Å²) in [6, 6.07) is 0. The maximum Gasteiger partial charge on any atom is 0.270 e. The van der Waals surface area contributed by atoms with E-state index >= 15 is 0 Å². The fourth-order valence-corrected chi connectivity index (χ4v) is 4.06. The second kappa shape index (κ2) is 8.19. The summed E-state index contributed by atoms with van der Waals surface area (Å²) in [4.78, 5) is 29.2. The van der Waals surface area contributed by atoms with Crippen LogP contribution < -0.4 is 5.56 Å². The number of piperidine rings is 1. The number of likely N-dealkylation sites (tertiary alicyclic amines) is 1. The molecule has 2 N–H and O–H groups in total. The Balaban J connectivity index is 1.54. The van der Waals surface area contributed by atoms with Crippen LogP contribution in [0.1, 0.15) is 43.9 Å². The SMILES string of the molecule is CCCN1CCC(CC(=O)N2CCc3c([nH]n(CCO)c3=O)C2)CC1. The summed E-state index contributed by atoms with van der Waals surface area (Å²) in [5.41, 5.74) is 1.54. The van der Waals surface area contributed by atoms with E-state index in [2.05, 4.69) is 16.9 Å². The number of carbonyl (C=O) groups excluding carboxylic acids is 1. The van der Waals surface area contributed by atoms with Crippen LogP contribution in [-0.2, 0) is 24.3 Å². The van der Waals surface area contributed by atoms with E-state index in [0.717, 1.165) is 43.7 Å². The van der Waals surface area contributed by atoms with E-state index in [0.29, 0.717) is 31.8 Å². The van der Waals surface area contributed by atoms with Gasteiger partial charge in [-0.15, -0.1) is 0 Å².